The lowest BCUT2D eigenvalue weighted by Gasteiger charge is -2.16. The molecule has 1 aliphatic heterocycles. The van der Waals surface area contributed by atoms with Gasteiger partial charge in [0, 0.05) is 37.3 Å². The summed E-state index contributed by atoms with van der Waals surface area (Å²) in [4.78, 5) is 51.6. The normalized spacial score (nSPS) is 16.9. The maximum Gasteiger partial charge on any atom is 0.415 e. The third-order valence-corrected chi connectivity index (χ3v) is 4.81. The third-order valence-electron chi connectivity index (χ3n) is 3.83. The molecule has 0 saturated carbocycles. The first-order valence-electron chi connectivity index (χ1n) is 8.99. The number of hydrogen-bond acceptors (Lipinski definition) is 10. The van der Waals surface area contributed by atoms with Crippen LogP contribution in [0.3, 0.4) is 0 Å². The number of benzene rings is 1. The van der Waals surface area contributed by atoms with Crippen LogP contribution in [-0.2, 0) is 30.5 Å². The first-order valence-corrected chi connectivity index (χ1v) is 9.87. The van der Waals surface area contributed by atoms with E-state index in [9.17, 15) is 24.5 Å². The highest BCUT2D eigenvalue weighted by Crippen LogP contribution is 2.26. The molecule has 1 aromatic carbocycles. The molecule has 2 rings (SSSR count). The Labute approximate surface area is 176 Å². The predicted molar refractivity (Wildman–Crippen MR) is 107 cm³/mol. The van der Waals surface area contributed by atoms with Gasteiger partial charge in [0.15, 0.2) is 11.0 Å². The van der Waals surface area contributed by atoms with Gasteiger partial charge < -0.3 is 14.3 Å². The molecule has 0 bridgehead atoms. The van der Waals surface area contributed by atoms with Gasteiger partial charge in [0.1, 0.15) is 6.61 Å². The molecule has 12 heteroatoms. The van der Waals surface area contributed by atoms with Crippen LogP contribution < -0.4 is 0 Å². The lowest BCUT2D eigenvalue weighted by molar-refractivity contribution is -0.384. The van der Waals surface area contributed by atoms with Gasteiger partial charge in [-0.05, 0) is 24.6 Å². The molecule has 0 aromatic heterocycles. The summed E-state index contributed by atoms with van der Waals surface area (Å²) >= 11 is 1.07. The molecule has 1 saturated heterocycles. The number of thioether (sulfide) groups is 1. The van der Waals surface area contributed by atoms with Crippen molar-refractivity contribution < 1.29 is 33.6 Å². The molecule has 1 atom stereocenters. The minimum absolute atomic E-state index is 0.0677. The van der Waals surface area contributed by atoms with Crippen LogP contribution in [0.5, 0.6) is 0 Å². The van der Waals surface area contributed by atoms with E-state index in [4.69, 9.17) is 14.3 Å². The molecule has 0 unspecified atom stereocenters. The van der Waals surface area contributed by atoms with Crippen molar-refractivity contribution in [2.24, 2.45) is 5.16 Å². The number of esters is 1. The van der Waals surface area contributed by atoms with Crippen LogP contribution in [0.25, 0.3) is 0 Å². The summed E-state index contributed by atoms with van der Waals surface area (Å²) in [5.41, 5.74) is 0.502. The zero-order valence-electron chi connectivity index (χ0n) is 16.4. The van der Waals surface area contributed by atoms with Gasteiger partial charge in [-0.15, -0.1) is 0 Å². The average molecular weight is 439 g/mol. The number of carbonyl (C=O) groups is 3. The molecule has 0 radical (unpaired) electrons. The number of likely N-dealkylation sites (tertiary alicyclic amines) is 1. The van der Waals surface area contributed by atoms with Gasteiger partial charge in [0.05, 0.1) is 11.5 Å². The second kappa shape index (κ2) is 11.1. The second-order valence-electron chi connectivity index (χ2n) is 6.11. The number of oxime groups is 1. The number of rotatable bonds is 8. The molecule has 1 heterocycles. The Bertz CT molecular complexity index is 827. The van der Waals surface area contributed by atoms with Crippen LogP contribution >= 0.6 is 11.8 Å². The van der Waals surface area contributed by atoms with E-state index in [1.54, 1.807) is 6.92 Å². The molecule has 0 aliphatic carbocycles. The molecule has 1 aromatic rings. The Kier molecular flexibility index (Phi) is 8.59. The maximum atomic E-state index is 12.5. The molecular formula is C18H21N3O8S. The van der Waals surface area contributed by atoms with Crippen LogP contribution in [0.1, 0.15) is 25.8 Å². The molecule has 1 aliphatic rings. The van der Waals surface area contributed by atoms with E-state index >= 15 is 0 Å². The molecule has 11 nitrogen and oxygen atoms in total. The Hall–Kier alpha value is -3.15. The number of hydrogen-bond donors (Lipinski definition) is 0. The average Bonchev–Trinajstić information content (AvgIpc) is 3.08. The smallest absolute Gasteiger partial charge is 0.415 e. The number of amidine groups is 1. The quantitative estimate of drug-likeness (QED) is 0.340. The molecule has 1 fully saturated rings. The Balaban J connectivity index is 1.99. The fraction of sp³-hybridized carbons (Fsp3) is 0.444. The lowest BCUT2D eigenvalue weighted by atomic mass is 10.2. The van der Waals surface area contributed by atoms with E-state index < -0.39 is 23.6 Å². The van der Waals surface area contributed by atoms with Gasteiger partial charge in [0.2, 0.25) is 6.61 Å². The molecule has 0 spiro atoms. The van der Waals surface area contributed by atoms with Gasteiger partial charge in [-0.1, -0.05) is 16.9 Å². The Morgan fingerprint density at radius 1 is 1.27 bits per heavy atom. The number of carbonyl (C=O) groups excluding carboxylic acids is 3. The summed E-state index contributed by atoms with van der Waals surface area (Å²) in [5, 5.41) is 14.2. The fourth-order valence-electron chi connectivity index (χ4n) is 2.57. The molecule has 1 amide bonds. The van der Waals surface area contributed by atoms with Crippen molar-refractivity contribution >= 4 is 40.5 Å². The van der Waals surface area contributed by atoms with E-state index in [-0.39, 0.29) is 48.1 Å². The number of ether oxygens (including phenoxy) is 2. The maximum absolute atomic E-state index is 12.5. The van der Waals surface area contributed by atoms with Gasteiger partial charge in [-0.2, -0.15) is 0 Å². The van der Waals surface area contributed by atoms with E-state index in [1.165, 1.54) is 36.1 Å². The SMILES string of the molecule is CCOC(=O)CON=C1C[C@H](SC(C)=O)CN1C(=O)OCc1ccc([N+](=O)[O-])cc1. The number of nitro benzene ring substituents is 1. The highest BCUT2D eigenvalue weighted by atomic mass is 32.2. The highest BCUT2D eigenvalue weighted by molar-refractivity contribution is 8.14. The molecule has 30 heavy (non-hydrogen) atoms. The summed E-state index contributed by atoms with van der Waals surface area (Å²) < 4.78 is 9.99. The van der Waals surface area contributed by atoms with Gasteiger partial charge in [-0.3, -0.25) is 19.8 Å². The van der Waals surface area contributed by atoms with Crippen molar-refractivity contribution in [3.05, 3.63) is 39.9 Å². The number of nitrogens with zero attached hydrogens (tertiary/aromatic N) is 3. The molecule has 0 N–H and O–H groups in total. The minimum Gasteiger partial charge on any atom is -0.463 e. The van der Waals surface area contributed by atoms with Crippen LogP contribution in [0.15, 0.2) is 29.4 Å². The van der Waals surface area contributed by atoms with Crippen molar-refractivity contribution in [1.29, 1.82) is 0 Å². The predicted octanol–water partition coefficient (Wildman–Crippen LogP) is 2.48. The molecule has 162 valence electrons. The topological polar surface area (TPSA) is 138 Å². The van der Waals surface area contributed by atoms with Crippen molar-refractivity contribution in [1.82, 2.24) is 4.90 Å². The lowest BCUT2D eigenvalue weighted by Crippen LogP contribution is -2.33. The largest absolute Gasteiger partial charge is 0.463 e. The fourth-order valence-corrected chi connectivity index (χ4v) is 3.49. The van der Waals surface area contributed by atoms with Crippen LogP contribution in [-0.4, -0.2) is 57.8 Å². The van der Waals surface area contributed by atoms with E-state index in [0.29, 0.717) is 5.56 Å². The first-order chi connectivity index (χ1) is 14.3. The van der Waals surface area contributed by atoms with Gasteiger partial charge >= 0.3 is 12.1 Å². The summed E-state index contributed by atoms with van der Waals surface area (Å²) in [6, 6.07) is 5.60. The van der Waals surface area contributed by atoms with Gasteiger partial charge in [-0.25, -0.2) is 9.59 Å². The van der Waals surface area contributed by atoms with E-state index in [1.807, 2.05) is 0 Å². The number of non-ortho nitro benzene ring substituents is 1. The van der Waals surface area contributed by atoms with Crippen molar-refractivity contribution in [2.75, 3.05) is 19.8 Å². The summed E-state index contributed by atoms with van der Waals surface area (Å²) in [5.74, 6) is -0.367. The highest BCUT2D eigenvalue weighted by Gasteiger charge is 2.35. The van der Waals surface area contributed by atoms with Gasteiger partial charge in [0.25, 0.3) is 5.69 Å². The Morgan fingerprint density at radius 2 is 1.97 bits per heavy atom. The summed E-state index contributed by atoms with van der Waals surface area (Å²) in [6.45, 7) is 2.96. The van der Waals surface area contributed by atoms with Crippen molar-refractivity contribution in [3.63, 3.8) is 0 Å². The summed E-state index contributed by atoms with van der Waals surface area (Å²) in [7, 11) is 0. The first kappa shape index (κ1) is 23.1. The van der Waals surface area contributed by atoms with Crippen LogP contribution in [0.2, 0.25) is 0 Å². The van der Waals surface area contributed by atoms with Crippen molar-refractivity contribution in [2.45, 2.75) is 32.1 Å². The van der Waals surface area contributed by atoms with Crippen LogP contribution in [0, 0.1) is 10.1 Å². The number of nitro groups is 1. The third kappa shape index (κ3) is 7.03. The zero-order valence-corrected chi connectivity index (χ0v) is 17.3. The standard InChI is InChI=1S/C18H21N3O8S/c1-3-27-17(23)11-29-19-16-8-15(30-12(2)22)9-20(16)18(24)28-10-13-4-6-14(7-5-13)21(25)26/h4-7,15H,3,8-11H2,1-2H3/t15-/m0/s1. The van der Waals surface area contributed by atoms with E-state index in [2.05, 4.69) is 5.16 Å². The minimum atomic E-state index is -0.710. The second-order valence-corrected chi connectivity index (χ2v) is 7.59. The Morgan fingerprint density at radius 3 is 2.57 bits per heavy atom. The van der Waals surface area contributed by atoms with Crippen molar-refractivity contribution in [3.8, 4) is 0 Å². The van der Waals surface area contributed by atoms with Crippen LogP contribution in [0.4, 0.5) is 10.5 Å². The summed E-state index contributed by atoms with van der Waals surface area (Å²) in [6.07, 6.45) is -0.432. The monoisotopic (exact) mass is 439 g/mol. The van der Waals surface area contributed by atoms with E-state index in [0.717, 1.165) is 11.8 Å². The number of amides is 1. The molecular weight excluding hydrogens is 418 g/mol. The zero-order chi connectivity index (χ0) is 22.1.